The average molecular weight is 277 g/mol. The smallest absolute Gasteiger partial charge is 0.409 e. The van der Waals surface area contributed by atoms with E-state index in [0.717, 1.165) is 5.56 Å². The third kappa shape index (κ3) is 2.92. The molecular formula is C15H19NO4. The summed E-state index contributed by atoms with van der Waals surface area (Å²) in [6.45, 7) is 0.492. The number of benzene rings is 1. The first-order valence-corrected chi connectivity index (χ1v) is 6.64. The fourth-order valence-electron chi connectivity index (χ4n) is 2.67. The van der Waals surface area contributed by atoms with Crippen molar-refractivity contribution in [2.45, 2.75) is 18.9 Å². The van der Waals surface area contributed by atoms with E-state index in [1.54, 1.807) is 4.90 Å². The van der Waals surface area contributed by atoms with E-state index in [4.69, 9.17) is 9.47 Å². The highest BCUT2D eigenvalue weighted by Crippen LogP contribution is 2.35. The molecule has 108 valence electrons. The van der Waals surface area contributed by atoms with Gasteiger partial charge in [0.25, 0.3) is 0 Å². The number of nitrogens with zero attached hydrogens (tertiary/aromatic N) is 1. The highest BCUT2D eigenvalue weighted by Gasteiger charge is 2.36. The molecule has 1 aliphatic heterocycles. The number of likely N-dealkylation sites (tertiary alicyclic amines) is 1. The number of rotatable bonds is 2. The van der Waals surface area contributed by atoms with Crippen LogP contribution in [-0.4, -0.2) is 37.7 Å². The quantitative estimate of drug-likeness (QED) is 0.779. The normalized spacial score (nSPS) is 22.2. The van der Waals surface area contributed by atoms with Crippen LogP contribution in [0.3, 0.4) is 0 Å². The Balaban J connectivity index is 2.23. The molecule has 5 heteroatoms. The van der Waals surface area contributed by atoms with Gasteiger partial charge in [0.15, 0.2) is 0 Å². The topological polar surface area (TPSA) is 55.8 Å². The summed E-state index contributed by atoms with van der Waals surface area (Å²) in [5.74, 6) is -0.387. The van der Waals surface area contributed by atoms with Crippen LogP contribution in [-0.2, 0) is 14.3 Å². The third-order valence-electron chi connectivity index (χ3n) is 3.73. The third-order valence-corrected chi connectivity index (χ3v) is 3.73. The van der Waals surface area contributed by atoms with Gasteiger partial charge in [-0.05, 0) is 18.4 Å². The Morgan fingerprint density at radius 1 is 1.15 bits per heavy atom. The highest BCUT2D eigenvalue weighted by molar-refractivity contribution is 5.74. The number of carbonyl (C=O) groups is 2. The van der Waals surface area contributed by atoms with E-state index in [2.05, 4.69) is 0 Å². The molecule has 1 amide bonds. The van der Waals surface area contributed by atoms with Crippen molar-refractivity contribution >= 4 is 12.1 Å². The summed E-state index contributed by atoms with van der Waals surface area (Å²) in [4.78, 5) is 25.3. The Kier molecular flexibility index (Phi) is 4.61. The number of amides is 1. The van der Waals surface area contributed by atoms with Gasteiger partial charge in [-0.1, -0.05) is 30.3 Å². The Bertz CT molecular complexity index is 474. The van der Waals surface area contributed by atoms with Crippen molar-refractivity contribution in [2.24, 2.45) is 5.92 Å². The fraction of sp³-hybridized carbons (Fsp3) is 0.467. The van der Waals surface area contributed by atoms with Crippen molar-refractivity contribution in [3.8, 4) is 0 Å². The number of carbonyl (C=O) groups excluding carboxylic acids is 2. The molecule has 2 atom stereocenters. The number of ether oxygens (including phenoxy) is 2. The van der Waals surface area contributed by atoms with E-state index in [1.165, 1.54) is 14.2 Å². The molecule has 0 bridgehead atoms. The Morgan fingerprint density at radius 3 is 2.45 bits per heavy atom. The van der Waals surface area contributed by atoms with Crippen LogP contribution < -0.4 is 0 Å². The zero-order valence-corrected chi connectivity index (χ0v) is 11.7. The molecule has 0 spiro atoms. The van der Waals surface area contributed by atoms with Gasteiger partial charge in [0.05, 0.1) is 26.2 Å². The number of hydrogen-bond donors (Lipinski definition) is 0. The minimum absolute atomic E-state index is 0.151. The van der Waals surface area contributed by atoms with Gasteiger partial charge < -0.3 is 14.4 Å². The molecule has 0 aromatic heterocycles. The first-order chi connectivity index (χ1) is 9.67. The molecule has 20 heavy (non-hydrogen) atoms. The van der Waals surface area contributed by atoms with E-state index in [9.17, 15) is 9.59 Å². The number of piperidine rings is 1. The van der Waals surface area contributed by atoms with Crippen molar-refractivity contribution in [3.63, 3.8) is 0 Å². The minimum Gasteiger partial charge on any atom is -0.469 e. The van der Waals surface area contributed by atoms with Gasteiger partial charge in [0.2, 0.25) is 0 Å². The van der Waals surface area contributed by atoms with E-state index in [1.807, 2.05) is 30.3 Å². The zero-order valence-electron chi connectivity index (χ0n) is 11.7. The molecule has 5 nitrogen and oxygen atoms in total. The SMILES string of the molecule is COC(=O)C1CCN(C(=O)OC)C(c2ccccc2)C1. The van der Waals surface area contributed by atoms with Crippen LogP contribution in [0.15, 0.2) is 30.3 Å². The lowest BCUT2D eigenvalue weighted by Crippen LogP contribution is -2.42. The molecule has 0 radical (unpaired) electrons. The highest BCUT2D eigenvalue weighted by atomic mass is 16.5. The number of esters is 1. The molecule has 0 aliphatic carbocycles. The summed E-state index contributed by atoms with van der Waals surface area (Å²) < 4.78 is 9.66. The number of methoxy groups -OCH3 is 2. The molecule has 2 rings (SSSR count). The molecule has 1 aromatic carbocycles. The largest absolute Gasteiger partial charge is 0.469 e. The molecule has 1 aromatic rings. The molecule has 2 unspecified atom stereocenters. The zero-order chi connectivity index (χ0) is 14.5. The standard InChI is InChI=1S/C15H19NO4/c1-19-14(17)12-8-9-16(15(18)20-2)13(10-12)11-6-4-3-5-7-11/h3-7,12-13H,8-10H2,1-2H3. The van der Waals surface area contributed by atoms with Gasteiger partial charge >= 0.3 is 12.1 Å². The van der Waals surface area contributed by atoms with E-state index < -0.39 is 0 Å². The van der Waals surface area contributed by atoms with Crippen LogP contribution in [0.4, 0.5) is 4.79 Å². The van der Waals surface area contributed by atoms with Gasteiger partial charge in [-0.15, -0.1) is 0 Å². The van der Waals surface area contributed by atoms with Crippen molar-refractivity contribution < 1.29 is 19.1 Å². The van der Waals surface area contributed by atoms with Crippen LogP contribution in [0.5, 0.6) is 0 Å². The lowest BCUT2D eigenvalue weighted by Gasteiger charge is -2.37. The van der Waals surface area contributed by atoms with E-state index in [-0.39, 0.29) is 24.0 Å². The maximum atomic E-state index is 11.9. The van der Waals surface area contributed by atoms with Crippen molar-refractivity contribution in [1.82, 2.24) is 4.90 Å². The van der Waals surface area contributed by atoms with Crippen molar-refractivity contribution in [2.75, 3.05) is 20.8 Å². The summed E-state index contributed by atoms with van der Waals surface area (Å²) in [6, 6.07) is 9.54. The molecule has 0 saturated carbocycles. The van der Waals surface area contributed by atoms with Crippen LogP contribution in [0, 0.1) is 5.92 Å². The van der Waals surface area contributed by atoms with Crippen LogP contribution in [0.1, 0.15) is 24.4 Å². The monoisotopic (exact) mass is 277 g/mol. The fourth-order valence-corrected chi connectivity index (χ4v) is 2.67. The van der Waals surface area contributed by atoms with Crippen LogP contribution in [0.25, 0.3) is 0 Å². The Labute approximate surface area is 118 Å². The maximum Gasteiger partial charge on any atom is 0.409 e. The average Bonchev–Trinajstić information content (AvgIpc) is 2.53. The first kappa shape index (κ1) is 14.4. The Morgan fingerprint density at radius 2 is 1.85 bits per heavy atom. The maximum absolute atomic E-state index is 11.9. The van der Waals surface area contributed by atoms with E-state index >= 15 is 0 Å². The Hall–Kier alpha value is -2.04. The lowest BCUT2D eigenvalue weighted by atomic mass is 9.87. The second-order valence-corrected chi connectivity index (χ2v) is 4.83. The van der Waals surface area contributed by atoms with Gasteiger partial charge in [0, 0.05) is 6.54 Å². The van der Waals surface area contributed by atoms with Crippen molar-refractivity contribution in [1.29, 1.82) is 0 Å². The molecule has 1 saturated heterocycles. The van der Waals surface area contributed by atoms with Gasteiger partial charge in [-0.25, -0.2) is 4.79 Å². The second-order valence-electron chi connectivity index (χ2n) is 4.83. The number of hydrogen-bond acceptors (Lipinski definition) is 4. The predicted octanol–water partition coefficient (Wildman–Crippen LogP) is 2.38. The predicted molar refractivity (Wildman–Crippen MR) is 73.0 cm³/mol. The van der Waals surface area contributed by atoms with Gasteiger partial charge in [-0.2, -0.15) is 0 Å². The summed E-state index contributed by atoms with van der Waals surface area (Å²) in [7, 11) is 2.77. The van der Waals surface area contributed by atoms with Crippen LogP contribution in [0.2, 0.25) is 0 Å². The van der Waals surface area contributed by atoms with E-state index in [0.29, 0.717) is 19.4 Å². The summed E-state index contributed by atoms with van der Waals surface area (Å²) in [5.41, 5.74) is 1.01. The summed E-state index contributed by atoms with van der Waals surface area (Å²) in [5, 5.41) is 0. The van der Waals surface area contributed by atoms with Gasteiger partial charge in [0.1, 0.15) is 0 Å². The lowest BCUT2D eigenvalue weighted by molar-refractivity contribution is -0.147. The molecular weight excluding hydrogens is 258 g/mol. The minimum atomic E-state index is -0.359. The molecule has 1 fully saturated rings. The summed E-state index contributed by atoms with van der Waals surface area (Å²) in [6.07, 6.45) is 0.804. The van der Waals surface area contributed by atoms with Crippen LogP contribution >= 0.6 is 0 Å². The molecule has 0 N–H and O–H groups in total. The molecule has 1 aliphatic rings. The van der Waals surface area contributed by atoms with Gasteiger partial charge in [-0.3, -0.25) is 4.79 Å². The molecule has 1 heterocycles. The van der Waals surface area contributed by atoms with Crippen molar-refractivity contribution in [3.05, 3.63) is 35.9 Å². The summed E-state index contributed by atoms with van der Waals surface area (Å²) >= 11 is 0. The first-order valence-electron chi connectivity index (χ1n) is 6.64. The second kappa shape index (κ2) is 6.41.